The lowest BCUT2D eigenvalue weighted by Gasteiger charge is -1.98. The third kappa shape index (κ3) is 2.89. The minimum atomic E-state index is -0.465. The van der Waals surface area contributed by atoms with E-state index in [1.165, 1.54) is 0 Å². The molecule has 5 heteroatoms. The first-order valence-corrected chi connectivity index (χ1v) is 8.81. The Morgan fingerprint density at radius 1 is 0.821 bits per heavy atom. The molecule has 1 aromatic heterocycles. The predicted molar refractivity (Wildman–Crippen MR) is 106 cm³/mol. The zero-order chi connectivity index (χ0) is 18.9. The number of carbonyl (C=O) groups is 1. The fraction of sp³-hybridized carbons (Fsp3) is 0. The van der Waals surface area contributed by atoms with Gasteiger partial charge in [0, 0.05) is 11.1 Å². The van der Waals surface area contributed by atoms with Gasteiger partial charge < -0.3 is 9.26 Å². The second kappa shape index (κ2) is 6.63. The van der Waals surface area contributed by atoms with E-state index in [4.69, 9.17) is 9.26 Å². The van der Waals surface area contributed by atoms with E-state index >= 15 is 0 Å². The molecule has 0 spiro atoms. The molecule has 0 amide bonds. The maximum absolute atomic E-state index is 12.2. The highest BCUT2D eigenvalue weighted by Crippen LogP contribution is 2.30. The molecule has 0 fully saturated rings. The van der Waals surface area contributed by atoms with Gasteiger partial charge in [0.25, 0.3) is 0 Å². The van der Waals surface area contributed by atoms with Crippen LogP contribution in [-0.2, 0) is 9.53 Å². The molecule has 0 N–H and O–H groups in total. The highest BCUT2D eigenvalue weighted by molar-refractivity contribution is 6.13. The first-order chi connectivity index (χ1) is 13.8. The second-order valence-corrected chi connectivity index (χ2v) is 6.36. The number of benzene rings is 3. The van der Waals surface area contributed by atoms with E-state index in [1.807, 2.05) is 78.9 Å². The molecule has 5 nitrogen and oxygen atoms in total. The van der Waals surface area contributed by atoms with Crippen LogP contribution in [0.2, 0.25) is 0 Å². The van der Waals surface area contributed by atoms with Crippen molar-refractivity contribution >= 4 is 28.8 Å². The molecular formula is C23H14N2O3. The Labute approximate surface area is 160 Å². The number of hydrogen-bond donors (Lipinski definition) is 0. The zero-order valence-electron chi connectivity index (χ0n) is 14.7. The standard InChI is InChI=1S/C23H14N2O3/c26-23-20(24-22(27-23)17-9-5-2-6-10-17)14-15-11-12-19-18(13-15)21(28-25-19)16-7-3-1-4-8-16/h1-14H. The maximum Gasteiger partial charge on any atom is 0.363 e. The molecule has 3 aromatic carbocycles. The minimum absolute atomic E-state index is 0.260. The lowest BCUT2D eigenvalue weighted by atomic mass is 10.1. The van der Waals surface area contributed by atoms with Crippen LogP contribution in [0.15, 0.2) is 94.1 Å². The van der Waals surface area contributed by atoms with Gasteiger partial charge in [0.2, 0.25) is 5.90 Å². The van der Waals surface area contributed by atoms with E-state index < -0.39 is 5.97 Å². The average molecular weight is 366 g/mol. The molecule has 2 heterocycles. The van der Waals surface area contributed by atoms with Gasteiger partial charge in [-0.2, -0.15) is 0 Å². The third-order valence-electron chi connectivity index (χ3n) is 4.48. The van der Waals surface area contributed by atoms with Crippen molar-refractivity contribution in [2.24, 2.45) is 4.99 Å². The first-order valence-electron chi connectivity index (χ1n) is 8.81. The molecule has 4 aromatic rings. The summed E-state index contributed by atoms with van der Waals surface area (Å²) < 4.78 is 10.8. The van der Waals surface area contributed by atoms with E-state index in [-0.39, 0.29) is 5.70 Å². The summed E-state index contributed by atoms with van der Waals surface area (Å²) in [7, 11) is 0. The van der Waals surface area contributed by atoms with Crippen LogP contribution in [-0.4, -0.2) is 17.0 Å². The van der Waals surface area contributed by atoms with Crippen LogP contribution < -0.4 is 0 Å². The second-order valence-electron chi connectivity index (χ2n) is 6.36. The SMILES string of the molecule is O=C1OC(c2ccccc2)=NC1=Cc1ccc2noc(-c3ccccc3)c2c1. The van der Waals surface area contributed by atoms with Gasteiger partial charge in [-0.15, -0.1) is 0 Å². The van der Waals surface area contributed by atoms with Gasteiger partial charge in [0.1, 0.15) is 5.52 Å². The van der Waals surface area contributed by atoms with E-state index in [9.17, 15) is 4.79 Å². The number of ether oxygens (including phenoxy) is 1. The van der Waals surface area contributed by atoms with Gasteiger partial charge >= 0.3 is 5.97 Å². The van der Waals surface area contributed by atoms with Crippen molar-refractivity contribution in [2.75, 3.05) is 0 Å². The molecule has 5 rings (SSSR count). The molecule has 134 valence electrons. The van der Waals surface area contributed by atoms with Crippen molar-refractivity contribution in [2.45, 2.75) is 0 Å². The summed E-state index contributed by atoms with van der Waals surface area (Å²) in [6, 6.07) is 24.8. The van der Waals surface area contributed by atoms with E-state index in [0.29, 0.717) is 11.7 Å². The number of aliphatic imine (C=N–C) groups is 1. The van der Waals surface area contributed by atoms with E-state index in [1.54, 1.807) is 6.08 Å². The van der Waals surface area contributed by atoms with E-state index in [0.717, 1.165) is 27.6 Å². The van der Waals surface area contributed by atoms with Crippen LogP contribution in [0.1, 0.15) is 11.1 Å². The summed E-state index contributed by atoms with van der Waals surface area (Å²) in [5.74, 6) is 0.541. The minimum Gasteiger partial charge on any atom is -0.402 e. The van der Waals surface area contributed by atoms with Gasteiger partial charge in [0.05, 0.1) is 5.39 Å². The van der Waals surface area contributed by atoms with Crippen molar-refractivity contribution < 1.29 is 14.1 Å². The summed E-state index contributed by atoms with van der Waals surface area (Å²) in [5, 5.41) is 4.99. The topological polar surface area (TPSA) is 64.7 Å². The molecule has 0 bridgehead atoms. The zero-order valence-corrected chi connectivity index (χ0v) is 14.7. The number of cyclic esters (lactones) is 1. The van der Waals surface area contributed by atoms with Crippen molar-refractivity contribution in [3.8, 4) is 11.3 Å². The Bertz CT molecular complexity index is 1240. The Kier molecular flexibility index (Phi) is 3.84. The Morgan fingerprint density at radius 3 is 2.29 bits per heavy atom. The monoisotopic (exact) mass is 366 g/mol. The summed E-state index contributed by atoms with van der Waals surface area (Å²) in [4.78, 5) is 16.6. The van der Waals surface area contributed by atoms with Gasteiger partial charge in [0.15, 0.2) is 11.5 Å². The maximum atomic E-state index is 12.2. The lowest BCUT2D eigenvalue weighted by molar-refractivity contribution is -0.129. The predicted octanol–water partition coefficient (Wildman–Crippen LogP) is 4.84. The summed E-state index contributed by atoms with van der Waals surface area (Å²) in [6.45, 7) is 0. The molecular weight excluding hydrogens is 352 g/mol. The van der Waals surface area contributed by atoms with E-state index in [2.05, 4.69) is 10.1 Å². The van der Waals surface area contributed by atoms with Crippen LogP contribution in [0.5, 0.6) is 0 Å². The summed E-state index contributed by atoms with van der Waals surface area (Å²) in [6.07, 6.45) is 1.71. The van der Waals surface area contributed by atoms with Gasteiger partial charge in [-0.25, -0.2) is 9.79 Å². The Morgan fingerprint density at radius 2 is 1.54 bits per heavy atom. The lowest BCUT2D eigenvalue weighted by Crippen LogP contribution is -2.04. The Balaban J connectivity index is 1.55. The van der Waals surface area contributed by atoms with Gasteiger partial charge in [-0.05, 0) is 35.9 Å². The molecule has 1 aliphatic rings. The van der Waals surface area contributed by atoms with Crippen LogP contribution in [0.4, 0.5) is 0 Å². The number of carbonyl (C=O) groups excluding carboxylic acids is 1. The van der Waals surface area contributed by atoms with Crippen LogP contribution in [0.25, 0.3) is 28.3 Å². The molecule has 28 heavy (non-hydrogen) atoms. The van der Waals surface area contributed by atoms with Gasteiger partial charge in [-0.1, -0.05) is 59.8 Å². The molecule has 0 radical (unpaired) electrons. The van der Waals surface area contributed by atoms with Crippen LogP contribution >= 0.6 is 0 Å². The van der Waals surface area contributed by atoms with Gasteiger partial charge in [-0.3, -0.25) is 0 Å². The normalized spacial score (nSPS) is 15.1. The highest BCUT2D eigenvalue weighted by Gasteiger charge is 2.24. The molecule has 1 aliphatic heterocycles. The number of hydrogen-bond acceptors (Lipinski definition) is 5. The highest BCUT2D eigenvalue weighted by atomic mass is 16.6. The van der Waals surface area contributed by atoms with Crippen LogP contribution in [0, 0.1) is 0 Å². The number of rotatable bonds is 3. The van der Waals surface area contributed by atoms with Crippen molar-refractivity contribution in [3.05, 3.63) is 95.7 Å². The number of fused-ring (bicyclic) bond motifs is 1. The number of esters is 1. The molecule has 0 saturated heterocycles. The fourth-order valence-corrected chi connectivity index (χ4v) is 3.12. The molecule has 0 saturated carbocycles. The molecule has 0 unspecified atom stereocenters. The number of aromatic nitrogens is 1. The molecule has 0 atom stereocenters. The van der Waals surface area contributed by atoms with Crippen LogP contribution in [0.3, 0.4) is 0 Å². The fourth-order valence-electron chi connectivity index (χ4n) is 3.12. The largest absolute Gasteiger partial charge is 0.402 e. The van der Waals surface area contributed by atoms with Crippen molar-refractivity contribution in [3.63, 3.8) is 0 Å². The third-order valence-corrected chi connectivity index (χ3v) is 4.48. The quantitative estimate of drug-likeness (QED) is 0.384. The average Bonchev–Trinajstić information content (AvgIpc) is 3.33. The summed E-state index contributed by atoms with van der Waals surface area (Å²) >= 11 is 0. The Hall–Kier alpha value is -3.99. The number of nitrogens with zero attached hydrogens (tertiary/aromatic N) is 2. The van der Waals surface area contributed by atoms with Crippen molar-refractivity contribution in [1.29, 1.82) is 0 Å². The summed E-state index contributed by atoms with van der Waals surface area (Å²) in [5.41, 5.74) is 3.54. The first kappa shape index (κ1) is 16.2. The van der Waals surface area contributed by atoms with Crippen molar-refractivity contribution in [1.82, 2.24) is 5.16 Å². The smallest absolute Gasteiger partial charge is 0.363 e. The molecule has 0 aliphatic carbocycles.